The van der Waals surface area contributed by atoms with E-state index < -0.39 is 6.08 Å². The maximum Gasteiger partial charge on any atom is 0.266 e. The lowest BCUT2D eigenvalue weighted by atomic mass is 9.87. The third-order valence-corrected chi connectivity index (χ3v) is 3.34. The molecule has 0 aliphatic carbocycles. The molecule has 0 aromatic heterocycles. The number of fused-ring (bicyclic) bond motifs is 2. The van der Waals surface area contributed by atoms with Gasteiger partial charge in [-0.1, -0.05) is 6.42 Å². The highest BCUT2D eigenvalue weighted by Gasteiger charge is 2.40. The van der Waals surface area contributed by atoms with Gasteiger partial charge in [-0.2, -0.15) is 8.78 Å². The van der Waals surface area contributed by atoms with Gasteiger partial charge < -0.3 is 5.32 Å². The van der Waals surface area contributed by atoms with Crippen LogP contribution in [0.1, 0.15) is 38.5 Å². The van der Waals surface area contributed by atoms with Crippen molar-refractivity contribution in [1.82, 2.24) is 5.32 Å². The highest BCUT2D eigenvalue weighted by molar-refractivity contribution is 5.05. The largest absolute Gasteiger partial charge is 0.308 e. The Kier molecular flexibility index (Phi) is 2.37. The molecule has 2 bridgehead atoms. The molecule has 2 heterocycles. The van der Waals surface area contributed by atoms with Gasteiger partial charge in [0.15, 0.2) is 0 Å². The van der Waals surface area contributed by atoms with Gasteiger partial charge in [-0.25, -0.2) is 0 Å². The average Bonchev–Trinajstić information content (AvgIpc) is 2.40. The molecule has 0 aromatic carbocycles. The average molecular weight is 187 g/mol. The first-order valence-electron chi connectivity index (χ1n) is 4.99. The molecule has 2 aliphatic heterocycles. The van der Waals surface area contributed by atoms with Crippen molar-refractivity contribution >= 4 is 0 Å². The smallest absolute Gasteiger partial charge is 0.266 e. The number of rotatable bonds is 2. The van der Waals surface area contributed by atoms with Gasteiger partial charge in [0.05, 0.1) is 0 Å². The van der Waals surface area contributed by atoms with E-state index in [1.54, 1.807) is 0 Å². The fraction of sp³-hybridized carbons (Fsp3) is 0.800. The predicted octanol–water partition coefficient (Wildman–Crippen LogP) is 2.83. The molecule has 13 heavy (non-hydrogen) atoms. The number of nitrogens with one attached hydrogen (secondary N) is 1. The molecule has 1 N–H and O–H groups in total. The Balaban J connectivity index is 2.00. The molecule has 74 valence electrons. The molecule has 3 heteroatoms. The number of hydrogen-bond acceptors (Lipinski definition) is 1. The summed E-state index contributed by atoms with van der Waals surface area (Å²) < 4.78 is 23.9. The third kappa shape index (κ3) is 1.90. The second-order valence-corrected chi connectivity index (χ2v) is 4.25. The molecular weight excluding hydrogens is 172 g/mol. The summed E-state index contributed by atoms with van der Waals surface area (Å²) >= 11 is 0. The molecule has 0 saturated carbocycles. The normalized spacial score (nSPS) is 37.5. The molecular formula is C10H15F2N. The third-order valence-electron chi connectivity index (χ3n) is 3.34. The van der Waals surface area contributed by atoms with Crippen molar-refractivity contribution < 1.29 is 8.78 Å². The van der Waals surface area contributed by atoms with Crippen molar-refractivity contribution in [1.29, 1.82) is 0 Å². The molecule has 2 aliphatic rings. The van der Waals surface area contributed by atoms with E-state index in [9.17, 15) is 8.78 Å². The van der Waals surface area contributed by atoms with Crippen molar-refractivity contribution in [3.05, 3.63) is 12.2 Å². The van der Waals surface area contributed by atoms with Crippen molar-refractivity contribution in [3.63, 3.8) is 0 Å². The monoisotopic (exact) mass is 187 g/mol. The summed E-state index contributed by atoms with van der Waals surface area (Å²) in [6.45, 7) is 0. The first kappa shape index (κ1) is 9.13. The van der Waals surface area contributed by atoms with E-state index in [1.165, 1.54) is 19.3 Å². The Labute approximate surface area is 77.2 Å². The number of hydrogen-bond donors (Lipinski definition) is 1. The Hall–Kier alpha value is -0.440. The van der Waals surface area contributed by atoms with Crippen molar-refractivity contribution in [2.75, 3.05) is 0 Å². The lowest BCUT2D eigenvalue weighted by molar-refractivity contribution is 0.273. The Morgan fingerprint density at radius 2 is 2.23 bits per heavy atom. The van der Waals surface area contributed by atoms with E-state index >= 15 is 0 Å². The number of halogens is 2. The van der Waals surface area contributed by atoms with Gasteiger partial charge in [0, 0.05) is 11.6 Å². The lowest BCUT2D eigenvalue weighted by Gasteiger charge is -2.33. The number of piperidine rings is 1. The van der Waals surface area contributed by atoms with Gasteiger partial charge in [0.2, 0.25) is 0 Å². The first-order chi connectivity index (χ1) is 6.20. The van der Waals surface area contributed by atoms with E-state index in [0.29, 0.717) is 12.5 Å². The second kappa shape index (κ2) is 3.37. The van der Waals surface area contributed by atoms with Crippen LogP contribution in [0.2, 0.25) is 0 Å². The van der Waals surface area contributed by atoms with Crippen LogP contribution in [-0.4, -0.2) is 11.6 Å². The van der Waals surface area contributed by atoms with Gasteiger partial charge in [0.1, 0.15) is 0 Å². The minimum absolute atomic E-state index is 0.0202. The minimum Gasteiger partial charge on any atom is -0.308 e. The van der Waals surface area contributed by atoms with Gasteiger partial charge >= 0.3 is 0 Å². The van der Waals surface area contributed by atoms with Crippen molar-refractivity contribution in [2.24, 2.45) is 0 Å². The maximum absolute atomic E-state index is 11.9. The molecule has 0 amide bonds. The summed E-state index contributed by atoms with van der Waals surface area (Å²) in [5, 5.41) is 3.48. The van der Waals surface area contributed by atoms with E-state index in [4.69, 9.17) is 0 Å². The summed E-state index contributed by atoms with van der Waals surface area (Å²) in [5.41, 5.74) is 0.0202. The molecule has 0 spiro atoms. The highest BCUT2D eigenvalue weighted by Crippen LogP contribution is 2.38. The first-order valence-corrected chi connectivity index (χ1v) is 4.99. The van der Waals surface area contributed by atoms with E-state index in [2.05, 4.69) is 5.32 Å². The quantitative estimate of drug-likeness (QED) is 0.701. The van der Waals surface area contributed by atoms with Crippen LogP contribution in [0.15, 0.2) is 12.2 Å². The zero-order valence-corrected chi connectivity index (χ0v) is 7.65. The summed E-state index contributed by atoms with van der Waals surface area (Å²) in [6, 6.07) is 0.602. The van der Waals surface area contributed by atoms with E-state index in [0.717, 1.165) is 18.9 Å². The van der Waals surface area contributed by atoms with Crippen molar-refractivity contribution in [2.45, 2.75) is 50.1 Å². The lowest BCUT2D eigenvalue weighted by Crippen LogP contribution is -2.45. The SMILES string of the molecule is FC(F)=CCC12CCCC(CC1)N2. The van der Waals surface area contributed by atoms with E-state index in [1.807, 2.05) is 0 Å². The predicted molar refractivity (Wildman–Crippen MR) is 47.7 cm³/mol. The van der Waals surface area contributed by atoms with Crippen LogP contribution >= 0.6 is 0 Å². The Morgan fingerprint density at radius 3 is 3.00 bits per heavy atom. The fourth-order valence-corrected chi connectivity index (χ4v) is 2.66. The Bertz CT molecular complexity index is 219. The topological polar surface area (TPSA) is 12.0 Å². The maximum atomic E-state index is 11.9. The summed E-state index contributed by atoms with van der Waals surface area (Å²) in [4.78, 5) is 0. The summed E-state index contributed by atoms with van der Waals surface area (Å²) in [5.74, 6) is 0. The summed E-state index contributed by atoms with van der Waals surface area (Å²) in [7, 11) is 0. The Morgan fingerprint density at radius 1 is 1.38 bits per heavy atom. The van der Waals surface area contributed by atoms with Crippen LogP contribution < -0.4 is 5.32 Å². The second-order valence-electron chi connectivity index (χ2n) is 4.25. The standard InChI is InChI=1S/C10H15F2N/c11-9(12)4-7-10-5-1-2-8(13-10)3-6-10/h4,8,13H,1-3,5-7H2. The summed E-state index contributed by atoms with van der Waals surface area (Å²) in [6.07, 6.45) is 5.76. The minimum atomic E-state index is -1.54. The molecule has 0 aromatic rings. The van der Waals surface area contributed by atoms with Gasteiger partial charge in [-0.05, 0) is 38.2 Å². The van der Waals surface area contributed by atoms with Crippen molar-refractivity contribution in [3.8, 4) is 0 Å². The molecule has 0 radical (unpaired) electrons. The van der Waals surface area contributed by atoms with Crippen LogP contribution in [0.25, 0.3) is 0 Å². The van der Waals surface area contributed by atoms with Gasteiger partial charge in [0.25, 0.3) is 6.08 Å². The van der Waals surface area contributed by atoms with E-state index in [-0.39, 0.29) is 5.54 Å². The molecule has 2 rings (SSSR count). The van der Waals surface area contributed by atoms with Crippen LogP contribution in [-0.2, 0) is 0 Å². The van der Waals surface area contributed by atoms with Crippen LogP contribution in [0, 0.1) is 0 Å². The zero-order chi connectivity index (χ0) is 9.31. The van der Waals surface area contributed by atoms with Crippen LogP contribution in [0.5, 0.6) is 0 Å². The van der Waals surface area contributed by atoms with Crippen LogP contribution in [0.4, 0.5) is 8.78 Å². The molecule has 2 fully saturated rings. The molecule has 2 saturated heterocycles. The molecule has 1 nitrogen and oxygen atoms in total. The van der Waals surface area contributed by atoms with Gasteiger partial charge in [-0.3, -0.25) is 0 Å². The van der Waals surface area contributed by atoms with Gasteiger partial charge in [-0.15, -0.1) is 0 Å². The molecule has 2 unspecified atom stereocenters. The van der Waals surface area contributed by atoms with Crippen LogP contribution in [0.3, 0.4) is 0 Å². The fourth-order valence-electron chi connectivity index (χ4n) is 2.66. The molecule has 2 atom stereocenters. The highest BCUT2D eigenvalue weighted by atomic mass is 19.3. The zero-order valence-electron chi connectivity index (χ0n) is 7.65.